The number of hydrogen-bond acceptors (Lipinski definition) is 6. The molecule has 1 amide bonds. The van der Waals surface area contributed by atoms with Gasteiger partial charge in [-0.3, -0.25) is 9.69 Å². The second-order valence-corrected chi connectivity index (χ2v) is 10.4. The molecule has 0 bridgehead atoms. The molecular weight excluding hydrogens is 406 g/mol. The largest absolute Gasteiger partial charge is 0.308 e. The van der Waals surface area contributed by atoms with Gasteiger partial charge in [-0.2, -0.15) is 0 Å². The maximum absolute atomic E-state index is 13.1. The minimum atomic E-state index is -3.30. The Morgan fingerprint density at radius 1 is 1.10 bits per heavy atom. The van der Waals surface area contributed by atoms with Crippen LogP contribution in [0.5, 0.6) is 0 Å². The van der Waals surface area contributed by atoms with Crippen LogP contribution in [0.25, 0.3) is 10.2 Å². The highest BCUT2D eigenvalue weighted by molar-refractivity contribution is 7.90. The van der Waals surface area contributed by atoms with E-state index in [1.807, 2.05) is 50.2 Å². The quantitative estimate of drug-likeness (QED) is 0.575. The van der Waals surface area contributed by atoms with Crippen molar-refractivity contribution in [2.75, 3.05) is 38.3 Å². The lowest BCUT2D eigenvalue weighted by molar-refractivity contribution is -0.118. The molecule has 154 valence electrons. The summed E-state index contributed by atoms with van der Waals surface area (Å²) in [6, 6.07) is 12.8. The summed E-state index contributed by atoms with van der Waals surface area (Å²) in [5.41, 5.74) is 2.77. The van der Waals surface area contributed by atoms with Crippen LogP contribution in [-0.2, 0) is 21.1 Å². The van der Waals surface area contributed by atoms with E-state index in [1.165, 1.54) is 17.6 Å². The SMILES string of the molecule is Cc1cccc(CC(=O)N(CCN(C)C)c2nc3ccc(S(C)(=O)=O)cc3s2)c1. The lowest BCUT2D eigenvalue weighted by Gasteiger charge is -2.22. The third-order valence-electron chi connectivity index (χ3n) is 4.52. The summed E-state index contributed by atoms with van der Waals surface area (Å²) in [6.07, 6.45) is 1.48. The number of thiazole rings is 1. The zero-order chi connectivity index (χ0) is 21.2. The molecule has 0 N–H and O–H groups in total. The fourth-order valence-corrected chi connectivity index (χ4v) is 4.73. The van der Waals surface area contributed by atoms with Crippen LogP contribution in [0.15, 0.2) is 47.4 Å². The van der Waals surface area contributed by atoms with Gasteiger partial charge < -0.3 is 4.90 Å². The predicted octanol–water partition coefficient (Wildman–Crippen LogP) is 3.15. The topological polar surface area (TPSA) is 70.6 Å². The highest BCUT2D eigenvalue weighted by atomic mass is 32.2. The van der Waals surface area contributed by atoms with Gasteiger partial charge in [0.25, 0.3) is 0 Å². The zero-order valence-electron chi connectivity index (χ0n) is 17.0. The van der Waals surface area contributed by atoms with Crippen molar-refractivity contribution >= 4 is 42.4 Å². The molecule has 0 saturated heterocycles. The van der Waals surface area contributed by atoms with E-state index in [0.717, 1.165) is 15.8 Å². The van der Waals surface area contributed by atoms with E-state index < -0.39 is 9.84 Å². The minimum Gasteiger partial charge on any atom is -0.308 e. The van der Waals surface area contributed by atoms with Crippen LogP contribution in [0, 0.1) is 6.92 Å². The Kier molecular flexibility index (Phi) is 6.36. The molecule has 0 aliphatic rings. The first-order chi connectivity index (χ1) is 13.6. The molecule has 0 aliphatic heterocycles. The van der Waals surface area contributed by atoms with Crippen molar-refractivity contribution in [3.8, 4) is 0 Å². The van der Waals surface area contributed by atoms with Gasteiger partial charge in [-0.15, -0.1) is 0 Å². The van der Waals surface area contributed by atoms with E-state index in [1.54, 1.807) is 23.1 Å². The summed E-state index contributed by atoms with van der Waals surface area (Å²) in [5, 5.41) is 0.588. The summed E-state index contributed by atoms with van der Waals surface area (Å²) >= 11 is 1.34. The summed E-state index contributed by atoms with van der Waals surface area (Å²) in [4.78, 5) is 21.7. The number of benzene rings is 2. The normalized spacial score (nSPS) is 11.9. The molecule has 3 aromatic rings. The van der Waals surface area contributed by atoms with Crippen molar-refractivity contribution in [3.05, 3.63) is 53.6 Å². The Bertz CT molecular complexity index is 1140. The number of anilines is 1. The number of carbonyl (C=O) groups is 1. The Morgan fingerprint density at radius 3 is 2.52 bits per heavy atom. The molecule has 0 atom stereocenters. The zero-order valence-corrected chi connectivity index (χ0v) is 18.7. The van der Waals surface area contributed by atoms with Crippen LogP contribution in [0.2, 0.25) is 0 Å². The van der Waals surface area contributed by atoms with E-state index in [2.05, 4.69) is 4.98 Å². The van der Waals surface area contributed by atoms with Crippen LogP contribution in [0.3, 0.4) is 0 Å². The van der Waals surface area contributed by atoms with Gasteiger partial charge in [0.1, 0.15) is 0 Å². The Hall–Kier alpha value is -2.29. The molecule has 29 heavy (non-hydrogen) atoms. The number of amides is 1. The number of fused-ring (bicyclic) bond motifs is 1. The van der Waals surface area contributed by atoms with Crippen LogP contribution < -0.4 is 4.90 Å². The average molecular weight is 432 g/mol. The number of sulfone groups is 1. The van der Waals surface area contributed by atoms with Crippen molar-refractivity contribution in [1.29, 1.82) is 0 Å². The monoisotopic (exact) mass is 431 g/mol. The third kappa shape index (κ3) is 5.41. The minimum absolute atomic E-state index is 0.0279. The van der Waals surface area contributed by atoms with Gasteiger partial charge in [0, 0.05) is 19.3 Å². The lowest BCUT2D eigenvalue weighted by atomic mass is 10.1. The molecule has 1 heterocycles. The molecular formula is C21H25N3O3S2. The van der Waals surface area contributed by atoms with E-state index in [4.69, 9.17) is 0 Å². The van der Waals surface area contributed by atoms with Crippen LogP contribution in [0.1, 0.15) is 11.1 Å². The number of aromatic nitrogens is 1. The number of hydrogen-bond donors (Lipinski definition) is 0. The van der Waals surface area contributed by atoms with Gasteiger partial charge in [0.2, 0.25) is 5.91 Å². The van der Waals surface area contributed by atoms with Gasteiger partial charge in [-0.25, -0.2) is 13.4 Å². The van der Waals surface area contributed by atoms with Crippen LogP contribution >= 0.6 is 11.3 Å². The lowest BCUT2D eigenvalue weighted by Crippen LogP contribution is -2.37. The molecule has 1 aromatic heterocycles. The molecule has 0 radical (unpaired) electrons. The molecule has 2 aromatic carbocycles. The van der Waals surface area contributed by atoms with Gasteiger partial charge in [0.05, 0.1) is 21.5 Å². The summed E-state index contributed by atoms with van der Waals surface area (Å²) < 4.78 is 24.4. The van der Waals surface area contributed by atoms with Gasteiger partial charge in [-0.1, -0.05) is 41.2 Å². The van der Waals surface area contributed by atoms with Crippen molar-refractivity contribution in [1.82, 2.24) is 9.88 Å². The smallest absolute Gasteiger partial charge is 0.233 e. The number of nitrogens with zero attached hydrogens (tertiary/aromatic N) is 3. The van der Waals surface area contributed by atoms with Crippen LogP contribution in [-0.4, -0.2) is 57.6 Å². The first kappa shape index (κ1) is 21.4. The molecule has 8 heteroatoms. The fourth-order valence-electron chi connectivity index (χ4n) is 2.96. The second-order valence-electron chi connectivity index (χ2n) is 7.41. The number of rotatable bonds is 7. The van der Waals surface area contributed by atoms with Crippen molar-refractivity contribution in [2.45, 2.75) is 18.2 Å². The standard InChI is InChI=1S/C21H25N3O3S2/c1-15-6-5-7-16(12-15)13-20(25)24(11-10-23(2)3)21-22-18-9-8-17(29(4,26)27)14-19(18)28-21/h5-9,12,14H,10-11,13H2,1-4H3. The average Bonchev–Trinajstić information content (AvgIpc) is 3.03. The second kappa shape index (κ2) is 8.61. The van der Waals surface area contributed by atoms with Crippen LogP contribution in [0.4, 0.5) is 5.13 Å². The Balaban J connectivity index is 1.94. The van der Waals surface area contributed by atoms with Crippen molar-refractivity contribution < 1.29 is 13.2 Å². The molecule has 0 aliphatic carbocycles. The van der Waals surface area contributed by atoms with E-state index in [0.29, 0.717) is 30.2 Å². The number of likely N-dealkylation sites (N-methyl/N-ethyl adjacent to an activating group) is 1. The first-order valence-corrected chi connectivity index (χ1v) is 12.0. The summed E-state index contributed by atoms with van der Waals surface area (Å²) in [5.74, 6) is -0.0279. The predicted molar refractivity (Wildman–Crippen MR) is 119 cm³/mol. The molecule has 6 nitrogen and oxygen atoms in total. The maximum Gasteiger partial charge on any atom is 0.233 e. The Labute approximate surface area is 175 Å². The van der Waals surface area contributed by atoms with Crippen molar-refractivity contribution in [2.24, 2.45) is 0 Å². The first-order valence-electron chi connectivity index (χ1n) is 9.25. The maximum atomic E-state index is 13.1. The third-order valence-corrected chi connectivity index (χ3v) is 6.67. The number of carbonyl (C=O) groups excluding carboxylic acids is 1. The molecule has 0 fully saturated rings. The van der Waals surface area contributed by atoms with Gasteiger partial charge in [0.15, 0.2) is 15.0 Å². The summed E-state index contributed by atoms with van der Waals surface area (Å²) in [6.45, 7) is 3.21. The molecule has 0 saturated carbocycles. The molecule has 0 spiro atoms. The fraction of sp³-hybridized carbons (Fsp3) is 0.333. The highest BCUT2D eigenvalue weighted by Crippen LogP contribution is 2.31. The van der Waals surface area contributed by atoms with E-state index in [-0.39, 0.29) is 10.8 Å². The molecule has 0 unspecified atom stereocenters. The van der Waals surface area contributed by atoms with E-state index >= 15 is 0 Å². The molecule has 3 rings (SSSR count). The van der Waals surface area contributed by atoms with Gasteiger partial charge >= 0.3 is 0 Å². The highest BCUT2D eigenvalue weighted by Gasteiger charge is 2.21. The summed E-state index contributed by atoms with van der Waals surface area (Å²) in [7, 11) is 0.620. The van der Waals surface area contributed by atoms with Gasteiger partial charge in [-0.05, 0) is 44.8 Å². The Morgan fingerprint density at radius 2 is 1.86 bits per heavy atom. The van der Waals surface area contributed by atoms with Crippen molar-refractivity contribution in [3.63, 3.8) is 0 Å². The number of aryl methyl sites for hydroxylation is 1. The van der Waals surface area contributed by atoms with E-state index in [9.17, 15) is 13.2 Å².